The van der Waals surface area contributed by atoms with E-state index in [1.807, 2.05) is 12.1 Å². The summed E-state index contributed by atoms with van der Waals surface area (Å²) in [4.78, 5) is 26.8. The third-order valence-electron chi connectivity index (χ3n) is 2.92. The van der Waals surface area contributed by atoms with Crippen molar-refractivity contribution in [1.82, 2.24) is 15.2 Å². The Bertz CT molecular complexity index is 692. The van der Waals surface area contributed by atoms with Crippen LogP contribution in [0.4, 0.5) is 11.5 Å². The molecule has 0 unspecified atom stereocenters. The Morgan fingerprint density at radius 2 is 2.00 bits per heavy atom. The van der Waals surface area contributed by atoms with Crippen molar-refractivity contribution in [2.24, 2.45) is 5.73 Å². The highest BCUT2D eigenvalue weighted by atomic mass is 16.5. The quantitative estimate of drug-likeness (QED) is 0.687. The van der Waals surface area contributed by atoms with Crippen LogP contribution < -0.4 is 26.6 Å². The van der Waals surface area contributed by atoms with Gasteiger partial charge in [-0.3, -0.25) is 9.78 Å². The minimum absolute atomic E-state index is 0.119. The summed E-state index contributed by atoms with van der Waals surface area (Å²) in [5, 5.41) is 6.05. The minimum Gasteiger partial charge on any atom is -0.497 e. The van der Waals surface area contributed by atoms with Crippen molar-refractivity contribution < 1.29 is 4.74 Å². The van der Waals surface area contributed by atoms with Crippen molar-refractivity contribution in [3.63, 3.8) is 0 Å². The van der Waals surface area contributed by atoms with Crippen LogP contribution in [0.15, 0.2) is 33.9 Å². The number of anilines is 2. The largest absolute Gasteiger partial charge is 0.497 e. The zero-order valence-electron chi connectivity index (χ0n) is 11.6. The summed E-state index contributed by atoms with van der Waals surface area (Å²) in [5.74, 6) is 0.828. The van der Waals surface area contributed by atoms with Gasteiger partial charge in [-0.25, -0.2) is 9.89 Å². The Morgan fingerprint density at radius 1 is 1.29 bits per heavy atom. The van der Waals surface area contributed by atoms with Gasteiger partial charge in [0.15, 0.2) is 0 Å². The van der Waals surface area contributed by atoms with Gasteiger partial charge in [-0.15, -0.1) is 5.10 Å². The highest BCUT2D eigenvalue weighted by Gasteiger charge is 2.15. The topological polar surface area (TPSA) is 117 Å². The van der Waals surface area contributed by atoms with E-state index in [-0.39, 0.29) is 5.82 Å². The molecule has 4 N–H and O–H groups in total. The van der Waals surface area contributed by atoms with Crippen LogP contribution in [0, 0.1) is 0 Å². The Kier molecular flexibility index (Phi) is 4.72. The fraction of sp³-hybridized carbons (Fsp3) is 0.308. The Balaban J connectivity index is 2.41. The number of nitrogens with one attached hydrogen (secondary N) is 2. The van der Waals surface area contributed by atoms with Crippen LogP contribution in [0.25, 0.3) is 0 Å². The van der Waals surface area contributed by atoms with E-state index >= 15 is 0 Å². The molecule has 1 aromatic heterocycles. The second-order valence-corrected chi connectivity index (χ2v) is 4.32. The molecule has 0 saturated heterocycles. The molecule has 0 aliphatic rings. The molecule has 1 aromatic carbocycles. The van der Waals surface area contributed by atoms with Crippen LogP contribution in [0.5, 0.6) is 5.75 Å². The highest BCUT2D eigenvalue weighted by Crippen LogP contribution is 2.23. The summed E-state index contributed by atoms with van der Waals surface area (Å²) in [6.07, 6.45) is 0.673. The van der Waals surface area contributed by atoms with Gasteiger partial charge in [0, 0.05) is 12.2 Å². The molecule has 0 fully saturated rings. The lowest BCUT2D eigenvalue weighted by Crippen LogP contribution is -2.33. The van der Waals surface area contributed by atoms with Crippen LogP contribution in [0.1, 0.15) is 6.42 Å². The molecule has 0 radical (unpaired) electrons. The number of benzene rings is 1. The zero-order chi connectivity index (χ0) is 15.2. The molecule has 0 aliphatic carbocycles. The molecule has 2 aromatic rings. The Morgan fingerprint density at radius 3 is 2.57 bits per heavy atom. The van der Waals surface area contributed by atoms with E-state index < -0.39 is 11.2 Å². The maximum absolute atomic E-state index is 11.9. The van der Waals surface area contributed by atoms with Gasteiger partial charge in [-0.2, -0.15) is 0 Å². The number of nitrogens with two attached hydrogens (primary N) is 1. The van der Waals surface area contributed by atoms with Gasteiger partial charge in [0.25, 0.3) is 5.56 Å². The zero-order valence-corrected chi connectivity index (χ0v) is 11.6. The summed E-state index contributed by atoms with van der Waals surface area (Å²) in [7, 11) is 1.58. The lowest BCUT2D eigenvalue weighted by Gasteiger charge is -2.22. The maximum Gasteiger partial charge on any atom is 0.342 e. The van der Waals surface area contributed by atoms with Gasteiger partial charge in [0.05, 0.1) is 7.11 Å². The molecule has 21 heavy (non-hydrogen) atoms. The fourth-order valence-corrected chi connectivity index (χ4v) is 1.89. The third kappa shape index (κ3) is 3.48. The monoisotopic (exact) mass is 291 g/mol. The number of nitrogens with zero attached hydrogens (tertiary/aromatic N) is 2. The standard InChI is InChI=1S/C13H17N5O3/c1-21-10-5-3-9(4-6-10)18(8-2-7-14)11-12(19)15-13(20)17-16-11/h3-6H,2,7-8,14H2,1H3,(H2,15,17,19,20). The lowest BCUT2D eigenvalue weighted by molar-refractivity contribution is 0.415. The smallest absolute Gasteiger partial charge is 0.342 e. The van der Waals surface area contributed by atoms with Crippen molar-refractivity contribution in [3.05, 3.63) is 45.1 Å². The number of rotatable bonds is 6. The van der Waals surface area contributed by atoms with Gasteiger partial charge >= 0.3 is 5.69 Å². The van der Waals surface area contributed by atoms with Crippen LogP contribution in [-0.4, -0.2) is 35.4 Å². The van der Waals surface area contributed by atoms with E-state index in [0.717, 1.165) is 5.69 Å². The number of aromatic amines is 2. The first-order valence-corrected chi connectivity index (χ1v) is 6.46. The minimum atomic E-state index is -0.641. The first kappa shape index (κ1) is 14.8. The van der Waals surface area contributed by atoms with Gasteiger partial charge in [0.2, 0.25) is 5.82 Å². The molecular formula is C13H17N5O3. The van der Waals surface area contributed by atoms with E-state index in [1.54, 1.807) is 24.1 Å². The number of H-pyrrole nitrogens is 2. The second-order valence-electron chi connectivity index (χ2n) is 4.32. The number of ether oxygens (including phenoxy) is 1. The predicted molar refractivity (Wildman–Crippen MR) is 79.1 cm³/mol. The van der Waals surface area contributed by atoms with Gasteiger partial charge in [-0.05, 0) is 37.2 Å². The first-order valence-electron chi connectivity index (χ1n) is 6.46. The molecular weight excluding hydrogens is 274 g/mol. The molecule has 0 saturated carbocycles. The number of hydrogen-bond donors (Lipinski definition) is 3. The summed E-state index contributed by atoms with van der Waals surface area (Å²) >= 11 is 0. The molecule has 0 spiro atoms. The average Bonchev–Trinajstić information content (AvgIpc) is 2.50. The summed E-state index contributed by atoms with van der Waals surface area (Å²) in [5.41, 5.74) is 5.10. The molecule has 8 heteroatoms. The maximum atomic E-state index is 11.9. The average molecular weight is 291 g/mol. The molecule has 0 aliphatic heterocycles. The summed E-state index contributed by atoms with van der Waals surface area (Å²) in [6.45, 7) is 0.985. The van der Waals surface area contributed by atoms with Crippen LogP contribution in [-0.2, 0) is 0 Å². The number of hydrogen-bond acceptors (Lipinski definition) is 6. The molecule has 2 rings (SSSR count). The molecule has 0 amide bonds. The number of aromatic nitrogens is 3. The van der Waals surface area contributed by atoms with E-state index in [4.69, 9.17) is 10.5 Å². The first-order chi connectivity index (χ1) is 10.2. The fourth-order valence-electron chi connectivity index (χ4n) is 1.89. The summed E-state index contributed by atoms with van der Waals surface area (Å²) in [6, 6.07) is 7.18. The molecule has 8 nitrogen and oxygen atoms in total. The van der Waals surface area contributed by atoms with Crippen LogP contribution in [0.3, 0.4) is 0 Å². The van der Waals surface area contributed by atoms with Crippen molar-refractivity contribution >= 4 is 11.5 Å². The Labute approximate surface area is 120 Å². The molecule has 1 heterocycles. The van der Waals surface area contributed by atoms with E-state index in [1.165, 1.54) is 0 Å². The van der Waals surface area contributed by atoms with Crippen molar-refractivity contribution in [3.8, 4) is 5.75 Å². The van der Waals surface area contributed by atoms with Crippen molar-refractivity contribution in [2.75, 3.05) is 25.1 Å². The van der Waals surface area contributed by atoms with Crippen LogP contribution in [0.2, 0.25) is 0 Å². The highest BCUT2D eigenvalue weighted by molar-refractivity contribution is 5.59. The number of methoxy groups -OCH3 is 1. The van der Waals surface area contributed by atoms with Crippen LogP contribution >= 0.6 is 0 Å². The van der Waals surface area contributed by atoms with E-state index in [0.29, 0.717) is 25.3 Å². The lowest BCUT2D eigenvalue weighted by atomic mass is 10.2. The van der Waals surface area contributed by atoms with Crippen molar-refractivity contribution in [2.45, 2.75) is 6.42 Å². The SMILES string of the molecule is COc1ccc(N(CCCN)c2n[nH]c(=O)[nH]c2=O)cc1. The predicted octanol–water partition coefficient (Wildman–Crippen LogP) is -0.0463. The van der Waals surface area contributed by atoms with E-state index in [2.05, 4.69) is 15.2 Å². The molecule has 0 bridgehead atoms. The van der Waals surface area contributed by atoms with Gasteiger partial charge in [-0.1, -0.05) is 0 Å². The van der Waals surface area contributed by atoms with Crippen molar-refractivity contribution in [1.29, 1.82) is 0 Å². The summed E-state index contributed by atoms with van der Waals surface area (Å²) < 4.78 is 5.11. The van der Waals surface area contributed by atoms with Gasteiger partial charge < -0.3 is 15.4 Å². The second kappa shape index (κ2) is 6.71. The third-order valence-corrected chi connectivity index (χ3v) is 2.92. The Hall–Kier alpha value is -2.61. The van der Waals surface area contributed by atoms with Gasteiger partial charge in [0.1, 0.15) is 5.75 Å². The normalized spacial score (nSPS) is 10.4. The van der Waals surface area contributed by atoms with E-state index in [9.17, 15) is 9.59 Å². The molecule has 0 atom stereocenters. The molecule has 112 valence electrons.